The number of esters is 3. The van der Waals surface area contributed by atoms with Gasteiger partial charge in [0.05, 0.1) is 0 Å². The molecule has 1 unspecified atom stereocenters. The molecule has 0 aliphatic heterocycles. The van der Waals surface area contributed by atoms with Gasteiger partial charge < -0.3 is 14.2 Å². The minimum Gasteiger partial charge on any atom is -0.462 e. The lowest BCUT2D eigenvalue weighted by Crippen LogP contribution is -2.30. The van der Waals surface area contributed by atoms with Crippen LogP contribution in [-0.2, 0) is 28.6 Å². The van der Waals surface area contributed by atoms with Crippen LogP contribution < -0.4 is 0 Å². The van der Waals surface area contributed by atoms with E-state index in [4.69, 9.17) is 14.2 Å². The fourth-order valence-electron chi connectivity index (χ4n) is 6.04. The number of unbranched alkanes of at least 4 members (excludes halogenated alkanes) is 11. The van der Waals surface area contributed by atoms with E-state index in [0.29, 0.717) is 19.3 Å². The van der Waals surface area contributed by atoms with E-state index in [1.807, 2.05) is 72.9 Å². The van der Waals surface area contributed by atoms with Gasteiger partial charge in [-0.15, -0.1) is 0 Å². The Kier molecular flexibility index (Phi) is 47.7. The summed E-state index contributed by atoms with van der Waals surface area (Å²) in [5.74, 6) is -1.03. The molecule has 0 aromatic rings. The molecule has 0 N–H and O–H groups in total. The highest BCUT2D eigenvalue weighted by Crippen LogP contribution is 2.12. The van der Waals surface area contributed by atoms with Crippen LogP contribution in [0.15, 0.2) is 158 Å². The number of carbonyl (C=O) groups is 3. The molecule has 0 radical (unpaired) electrons. The molecule has 0 rings (SSSR count). The standard InChI is InChI=1S/C59H88O6/c1-4-7-10-13-16-19-21-23-25-27-29-31-33-35-37-40-43-46-49-52-58(61)64-55-56(54-63-57(60)51-48-45-42-39-18-15-12-9-6-3)65-59(62)53-50-47-44-41-38-36-34-32-30-28-26-24-22-20-17-14-11-8-5-2/h7-13,16-21,23-27,29-33,35,37,39,56H,4-6,14-15,22,28,34,36,38,40-55H2,1-3H3/b10-7-,11-8-,12-9-,16-13-,20-17-,21-19-,25-23-,26-24-,29-27+,32-30-,33-31-,37-35-,39-18-. The lowest BCUT2D eigenvalue weighted by molar-refractivity contribution is -0.167. The maximum atomic E-state index is 12.8. The normalized spacial score (nSPS) is 13.5. The molecule has 0 aromatic carbocycles. The molecule has 0 amide bonds. The van der Waals surface area contributed by atoms with Gasteiger partial charge in [0.15, 0.2) is 6.10 Å². The molecule has 360 valence electrons. The molecule has 0 aromatic heterocycles. The molecule has 1 atom stereocenters. The molecule has 65 heavy (non-hydrogen) atoms. The number of hydrogen-bond donors (Lipinski definition) is 0. The zero-order chi connectivity index (χ0) is 47.2. The predicted octanol–water partition coefficient (Wildman–Crippen LogP) is 16.6. The van der Waals surface area contributed by atoms with Crippen molar-refractivity contribution in [1.29, 1.82) is 0 Å². The van der Waals surface area contributed by atoms with Crippen LogP contribution in [0.5, 0.6) is 0 Å². The van der Waals surface area contributed by atoms with Crippen LogP contribution in [0.2, 0.25) is 0 Å². The quantitative estimate of drug-likeness (QED) is 0.0200. The predicted molar refractivity (Wildman–Crippen MR) is 278 cm³/mol. The summed E-state index contributed by atoms with van der Waals surface area (Å²) in [4.78, 5) is 37.9. The molecule has 0 saturated carbocycles. The zero-order valence-corrected chi connectivity index (χ0v) is 40.9. The van der Waals surface area contributed by atoms with Gasteiger partial charge in [0.25, 0.3) is 0 Å². The second kappa shape index (κ2) is 51.7. The molecule has 0 fully saturated rings. The van der Waals surface area contributed by atoms with Gasteiger partial charge in [-0.1, -0.05) is 211 Å². The third-order valence-corrected chi connectivity index (χ3v) is 9.70. The van der Waals surface area contributed by atoms with E-state index in [1.165, 1.54) is 12.8 Å². The van der Waals surface area contributed by atoms with E-state index in [0.717, 1.165) is 109 Å². The molecule has 6 heteroatoms. The zero-order valence-electron chi connectivity index (χ0n) is 40.9. The Labute approximate surface area is 397 Å². The average molecular weight is 893 g/mol. The summed E-state index contributed by atoms with van der Waals surface area (Å²) < 4.78 is 16.7. The Morgan fingerprint density at radius 2 is 0.631 bits per heavy atom. The average Bonchev–Trinajstić information content (AvgIpc) is 3.30. The van der Waals surface area contributed by atoms with Crippen LogP contribution in [0.1, 0.15) is 175 Å². The first kappa shape index (κ1) is 60.0. The molecular formula is C59H88O6. The van der Waals surface area contributed by atoms with E-state index in [2.05, 4.69) is 106 Å². The minimum absolute atomic E-state index is 0.124. The second-order valence-corrected chi connectivity index (χ2v) is 15.8. The van der Waals surface area contributed by atoms with Crippen molar-refractivity contribution in [3.8, 4) is 0 Å². The first-order valence-electron chi connectivity index (χ1n) is 25.1. The maximum absolute atomic E-state index is 12.8. The molecular weight excluding hydrogens is 805 g/mol. The van der Waals surface area contributed by atoms with Crippen molar-refractivity contribution in [3.05, 3.63) is 158 Å². The molecule has 0 bridgehead atoms. The van der Waals surface area contributed by atoms with Crippen molar-refractivity contribution in [2.24, 2.45) is 0 Å². The van der Waals surface area contributed by atoms with E-state index in [9.17, 15) is 14.4 Å². The lowest BCUT2D eigenvalue weighted by Gasteiger charge is -2.18. The lowest BCUT2D eigenvalue weighted by atomic mass is 10.1. The Bertz CT molecular complexity index is 1540. The maximum Gasteiger partial charge on any atom is 0.306 e. The number of ether oxygens (including phenoxy) is 3. The van der Waals surface area contributed by atoms with E-state index in [1.54, 1.807) is 0 Å². The van der Waals surface area contributed by atoms with Crippen molar-refractivity contribution in [2.45, 2.75) is 181 Å². The van der Waals surface area contributed by atoms with Crippen LogP contribution in [0.25, 0.3) is 0 Å². The van der Waals surface area contributed by atoms with Gasteiger partial charge in [-0.2, -0.15) is 0 Å². The van der Waals surface area contributed by atoms with Gasteiger partial charge in [0.1, 0.15) is 13.2 Å². The Morgan fingerprint density at radius 1 is 0.323 bits per heavy atom. The van der Waals surface area contributed by atoms with Crippen LogP contribution in [0.4, 0.5) is 0 Å². The summed E-state index contributed by atoms with van der Waals surface area (Å²) in [5, 5.41) is 0. The first-order chi connectivity index (χ1) is 32.0. The molecule has 0 heterocycles. The third-order valence-electron chi connectivity index (χ3n) is 9.70. The van der Waals surface area contributed by atoms with Crippen molar-refractivity contribution in [1.82, 2.24) is 0 Å². The fourth-order valence-corrected chi connectivity index (χ4v) is 6.04. The van der Waals surface area contributed by atoms with Crippen LogP contribution >= 0.6 is 0 Å². The Balaban J connectivity index is 4.52. The summed E-state index contributed by atoms with van der Waals surface area (Å²) in [7, 11) is 0. The molecule has 0 saturated heterocycles. The smallest absolute Gasteiger partial charge is 0.306 e. The highest BCUT2D eigenvalue weighted by molar-refractivity contribution is 5.71. The van der Waals surface area contributed by atoms with Gasteiger partial charge in [-0.05, 0) is 103 Å². The summed E-state index contributed by atoms with van der Waals surface area (Å²) in [5.41, 5.74) is 0. The van der Waals surface area contributed by atoms with Crippen molar-refractivity contribution in [3.63, 3.8) is 0 Å². The van der Waals surface area contributed by atoms with Crippen LogP contribution in [-0.4, -0.2) is 37.2 Å². The Hall–Kier alpha value is -4.97. The van der Waals surface area contributed by atoms with Gasteiger partial charge in [-0.3, -0.25) is 14.4 Å². The van der Waals surface area contributed by atoms with Gasteiger partial charge >= 0.3 is 17.9 Å². The minimum atomic E-state index is -0.825. The van der Waals surface area contributed by atoms with Crippen molar-refractivity contribution < 1.29 is 28.6 Å². The first-order valence-corrected chi connectivity index (χ1v) is 25.1. The summed E-state index contributed by atoms with van der Waals surface area (Å²) in [6.45, 7) is 6.13. The highest BCUT2D eigenvalue weighted by atomic mass is 16.6. The van der Waals surface area contributed by atoms with Crippen LogP contribution in [0.3, 0.4) is 0 Å². The van der Waals surface area contributed by atoms with Gasteiger partial charge in [-0.25, -0.2) is 0 Å². The number of hydrogen-bond acceptors (Lipinski definition) is 6. The summed E-state index contributed by atoms with van der Waals surface area (Å²) in [6, 6.07) is 0. The van der Waals surface area contributed by atoms with E-state index in [-0.39, 0.29) is 44.0 Å². The van der Waals surface area contributed by atoms with Gasteiger partial charge in [0, 0.05) is 19.3 Å². The Morgan fingerprint density at radius 3 is 1.09 bits per heavy atom. The third kappa shape index (κ3) is 49.9. The van der Waals surface area contributed by atoms with Gasteiger partial charge in [0.2, 0.25) is 0 Å². The topological polar surface area (TPSA) is 78.9 Å². The molecule has 0 aliphatic rings. The van der Waals surface area contributed by atoms with Crippen LogP contribution in [0, 0.1) is 0 Å². The SMILES string of the molecule is CC\C=C/C=C\C=C/C=C\C=C\C=C/C=C\CCCCCC(=O)OCC(COC(=O)CCCC/C=C\C/C=C\CC)OC(=O)CCCCCCCC/C=C\C/C=C\C/C=C\C/C=C\CC. The second-order valence-electron chi connectivity index (χ2n) is 15.8. The van der Waals surface area contributed by atoms with Crippen molar-refractivity contribution >= 4 is 17.9 Å². The van der Waals surface area contributed by atoms with E-state index < -0.39 is 6.10 Å². The molecule has 0 aliphatic carbocycles. The molecule has 6 nitrogen and oxygen atoms in total. The number of rotatable bonds is 42. The largest absolute Gasteiger partial charge is 0.462 e. The number of carbonyl (C=O) groups excluding carboxylic acids is 3. The fraction of sp³-hybridized carbons (Fsp3) is 0.508. The van der Waals surface area contributed by atoms with Crippen molar-refractivity contribution in [2.75, 3.05) is 13.2 Å². The monoisotopic (exact) mass is 893 g/mol. The summed E-state index contributed by atoms with van der Waals surface area (Å²) in [6.07, 6.45) is 75.2. The van der Waals surface area contributed by atoms with E-state index >= 15 is 0 Å². The highest BCUT2D eigenvalue weighted by Gasteiger charge is 2.19. The number of allylic oxidation sites excluding steroid dienone is 26. The molecule has 0 spiro atoms. The summed E-state index contributed by atoms with van der Waals surface area (Å²) >= 11 is 0.